The zero-order valence-corrected chi connectivity index (χ0v) is 7.36. The van der Waals surface area contributed by atoms with E-state index >= 15 is 0 Å². The molecule has 2 N–H and O–H groups in total. The lowest BCUT2D eigenvalue weighted by Crippen LogP contribution is -2.42. The summed E-state index contributed by atoms with van der Waals surface area (Å²) < 4.78 is 0. The molecular formula is C8H12N2O3. The van der Waals surface area contributed by atoms with E-state index in [1.165, 1.54) is 4.90 Å². The van der Waals surface area contributed by atoms with E-state index in [-0.39, 0.29) is 12.1 Å². The zero-order chi connectivity index (χ0) is 9.59. The van der Waals surface area contributed by atoms with Crippen LogP contribution in [0.2, 0.25) is 0 Å². The highest BCUT2D eigenvalue weighted by Crippen LogP contribution is 2.38. The van der Waals surface area contributed by atoms with Crippen LogP contribution in [0.15, 0.2) is 0 Å². The second-order valence-electron chi connectivity index (χ2n) is 3.70. The summed E-state index contributed by atoms with van der Waals surface area (Å²) in [5.41, 5.74) is 0. The molecule has 2 unspecified atom stereocenters. The van der Waals surface area contributed by atoms with Gasteiger partial charge in [0.05, 0.1) is 6.04 Å². The van der Waals surface area contributed by atoms with Crippen LogP contribution in [-0.4, -0.2) is 41.1 Å². The van der Waals surface area contributed by atoms with Gasteiger partial charge in [0.25, 0.3) is 0 Å². The molecule has 1 aliphatic heterocycles. The summed E-state index contributed by atoms with van der Waals surface area (Å²) in [6, 6.07) is -1.14. The van der Waals surface area contributed by atoms with Gasteiger partial charge in [-0.3, -0.25) is 0 Å². The van der Waals surface area contributed by atoms with E-state index in [9.17, 15) is 9.59 Å². The van der Waals surface area contributed by atoms with E-state index in [1.807, 2.05) is 0 Å². The maximum absolute atomic E-state index is 11.2. The van der Waals surface area contributed by atoms with E-state index in [1.54, 1.807) is 7.05 Å². The van der Waals surface area contributed by atoms with Crippen LogP contribution in [-0.2, 0) is 4.79 Å². The number of nitrogens with zero attached hydrogens (tertiary/aromatic N) is 1. The Morgan fingerprint density at radius 3 is 2.69 bits per heavy atom. The molecule has 2 fully saturated rings. The van der Waals surface area contributed by atoms with Gasteiger partial charge in [-0.25, -0.2) is 9.59 Å². The number of carboxylic acids is 1. The number of carbonyl (C=O) groups excluding carboxylic acids is 1. The maximum Gasteiger partial charge on any atom is 0.328 e. The molecule has 0 radical (unpaired) electrons. The van der Waals surface area contributed by atoms with Crippen LogP contribution >= 0.6 is 0 Å². The van der Waals surface area contributed by atoms with Crippen molar-refractivity contribution in [2.45, 2.75) is 24.9 Å². The van der Waals surface area contributed by atoms with Gasteiger partial charge in [-0.1, -0.05) is 0 Å². The molecule has 2 atom stereocenters. The number of aliphatic carboxylic acids is 1. The Labute approximate surface area is 75.7 Å². The number of hydrogen-bond donors (Lipinski definition) is 2. The summed E-state index contributed by atoms with van der Waals surface area (Å²) in [4.78, 5) is 23.5. The molecule has 2 amide bonds. The number of nitrogens with one attached hydrogen (secondary N) is 1. The molecule has 1 saturated carbocycles. The molecule has 2 rings (SSSR count). The third kappa shape index (κ3) is 1.24. The molecule has 0 spiro atoms. The monoisotopic (exact) mass is 184 g/mol. The fraction of sp³-hybridized carbons (Fsp3) is 0.750. The predicted octanol–water partition coefficient (Wildman–Crippen LogP) is -0.127. The topological polar surface area (TPSA) is 69.6 Å². The molecule has 5 nitrogen and oxygen atoms in total. The summed E-state index contributed by atoms with van der Waals surface area (Å²) in [6.45, 7) is 0. The third-order valence-electron chi connectivity index (χ3n) is 2.76. The minimum absolute atomic E-state index is 0.148. The fourth-order valence-electron chi connectivity index (χ4n) is 1.91. The van der Waals surface area contributed by atoms with E-state index in [2.05, 4.69) is 5.32 Å². The minimum atomic E-state index is -0.936. The number of urea groups is 1. The van der Waals surface area contributed by atoms with Gasteiger partial charge in [-0.2, -0.15) is 0 Å². The average Bonchev–Trinajstić information content (AvgIpc) is 2.82. The van der Waals surface area contributed by atoms with Gasteiger partial charge in [0, 0.05) is 7.05 Å². The van der Waals surface area contributed by atoms with Crippen molar-refractivity contribution in [3.63, 3.8) is 0 Å². The molecule has 1 heterocycles. The predicted molar refractivity (Wildman–Crippen MR) is 44.2 cm³/mol. The standard InChI is InChI=1S/C8H12N2O3/c1-10-6(4-2-3-4)5(7(11)12)9-8(10)13/h4-6H,2-3H2,1H3,(H,9,13)(H,11,12). The van der Waals surface area contributed by atoms with E-state index in [0.29, 0.717) is 5.92 Å². The van der Waals surface area contributed by atoms with Crippen LogP contribution in [0.4, 0.5) is 4.79 Å². The largest absolute Gasteiger partial charge is 0.480 e. The molecule has 0 bridgehead atoms. The van der Waals surface area contributed by atoms with E-state index in [0.717, 1.165) is 12.8 Å². The first-order valence-electron chi connectivity index (χ1n) is 4.37. The number of hydrogen-bond acceptors (Lipinski definition) is 2. The first-order chi connectivity index (χ1) is 6.11. The van der Waals surface area contributed by atoms with Crippen LogP contribution in [0, 0.1) is 5.92 Å². The van der Waals surface area contributed by atoms with Crippen molar-refractivity contribution < 1.29 is 14.7 Å². The Morgan fingerprint density at radius 2 is 2.23 bits per heavy atom. The Bertz CT molecular complexity index is 262. The van der Waals surface area contributed by atoms with Crippen molar-refractivity contribution in [3.05, 3.63) is 0 Å². The normalized spacial score (nSPS) is 33.3. The molecule has 0 aromatic rings. The molecule has 2 aliphatic rings. The number of carbonyl (C=O) groups is 2. The summed E-state index contributed by atoms with van der Waals surface area (Å²) in [5.74, 6) is -0.556. The lowest BCUT2D eigenvalue weighted by atomic mass is 10.1. The Hall–Kier alpha value is -1.26. The van der Waals surface area contributed by atoms with Crippen molar-refractivity contribution in [1.29, 1.82) is 0 Å². The second kappa shape index (κ2) is 2.61. The lowest BCUT2D eigenvalue weighted by Gasteiger charge is -2.19. The summed E-state index contributed by atoms with van der Waals surface area (Å²) >= 11 is 0. The van der Waals surface area contributed by atoms with Crippen LogP contribution in [0.25, 0.3) is 0 Å². The van der Waals surface area contributed by atoms with Crippen molar-refractivity contribution >= 4 is 12.0 Å². The molecule has 72 valence electrons. The Kier molecular flexibility index (Phi) is 1.68. The Morgan fingerprint density at radius 1 is 1.62 bits per heavy atom. The molecule has 5 heteroatoms. The highest BCUT2D eigenvalue weighted by atomic mass is 16.4. The highest BCUT2D eigenvalue weighted by molar-refractivity contribution is 5.87. The number of amides is 2. The van der Waals surface area contributed by atoms with Gasteiger partial charge in [0.1, 0.15) is 6.04 Å². The average molecular weight is 184 g/mol. The van der Waals surface area contributed by atoms with Crippen LogP contribution < -0.4 is 5.32 Å². The highest BCUT2D eigenvalue weighted by Gasteiger charge is 2.49. The van der Waals surface area contributed by atoms with Crippen molar-refractivity contribution in [2.24, 2.45) is 5.92 Å². The van der Waals surface area contributed by atoms with Crippen LogP contribution in [0.5, 0.6) is 0 Å². The van der Waals surface area contributed by atoms with Crippen LogP contribution in [0.1, 0.15) is 12.8 Å². The van der Waals surface area contributed by atoms with E-state index < -0.39 is 12.0 Å². The van der Waals surface area contributed by atoms with E-state index in [4.69, 9.17) is 5.11 Å². The summed E-state index contributed by atoms with van der Waals surface area (Å²) in [7, 11) is 1.65. The summed E-state index contributed by atoms with van der Waals surface area (Å²) in [5, 5.41) is 11.3. The minimum Gasteiger partial charge on any atom is -0.480 e. The SMILES string of the molecule is CN1C(=O)NC(C(=O)O)C1C1CC1. The number of carboxylic acid groups (broad SMARTS) is 1. The number of likely N-dealkylation sites (N-methyl/N-ethyl adjacent to an activating group) is 1. The van der Waals surface area contributed by atoms with Crippen LogP contribution in [0.3, 0.4) is 0 Å². The zero-order valence-electron chi connectivity index (χ0n) is 7.36. The van der Waals surface area contributed by atoms with Crippen molar-refractivity contribution in [3.8, 4) is 0 Å². The maximum atomic E-state index is 11.2. The van der Waals surface area contributed by atoms with Gasteiger partial charge in [0.2, 0.25) is 0 Å². The number of rotatable bonds is 2. The van der Waals surface area contributed by atoms with Gasteiger partial charge >= 0.3 is 12.0 Å². The molecule has 0 aromatic carbocycles. The molecule has 1 saturated heterocycles. The molecule has 0 aromatic heterocycles. The Balaban J connectivity index is 2.18. The molecule has 13 heavy (non-hydrogen) atoms. The smallest absolute Gasteiger partial charge is 0.328 e. The summed E-state index contributed by atoms with van der Waals surface area (Å²) in [6.07, 6.45) is 2.07. The van der Waals surface area contributed by atoms with Gasteiger partial charge in [-0.15, -0.1) is 0 Å². The van der Waals surface area contributed by atoms with Gasteiger partial charge in [-0.05, 0) is 18.8 Å². The van der Waals surface area contributed by atoms with Crippen molar-refractivity contribution in [2.75, 3.05) is 7.05 Å². The molecular weight excluding hydrogens is 172 g/mol. The fourth-order valence-corrected chi connectivity index (χ4v) is 1.91. The first kappa shape index (κ1) is 8.34. The van der Waals surface area contributed by atoms with Gasteiger partial charge < -0.3 is 15.3 Å². The lowest BCUT2D eigenvalue weighted by molar-refractivity contribution is -0.139. The van der Waals surface area contributed by atoms with Gasteiger partial charge in [0.15, 0.2) is 0 Å². The van der Waals surface area contributed by atoms with Crippen molar-refractivity contribution in [1.82, 2.24) is 10.2 Å². The second-order valence-corrected chi connectivity index (χ2v) is 3.70. The molecule has 1 aliphatic carbocycles. The first-order valence-corrected chi connectivity index (χ1v) is 4.37. The quantitative estimate of drug-likeness (QED) is 0.628. The third-order valence-corrected chi connectivity index (χ3v) is 2.76.